The maximum absolute atomic E-state index is 12.7. The third-order valence-electron chi connectivity index (χ3n) is 4.23. The van der Waals surface area contributed by atoms with E-state index in [0.717, 1.165) is 41.7 Å². The smallest absolute Gasteiger partial charge is 0.341 e. The molecule has 1 N–H and O–H groups in total. The molecule has 1 amide bonds. The van der Waals surface area contributed by atoms with E-state index in [1.807, 2.05) is 16.8 Å². The Morgan fingerprint density at radius 3 is 2.96 bits per heavy atom. The Morgan fingerprint density at radius 2 is 2.19 bits per heavy atom. The van der Waals surface area contributed by atoms with Gasteiger partial charge < -0.3 is 14.6 Å². The van der Waals surface area contributed by atoms with Gasteiger partial charge in [-0.05, 0) is 42.7 Å². The summed E-state index contributed by atoms with van der Waals surface area (Å²) in [4.78, 5) is 29.6. The third kappa shape index (κ3) is 3.79. The van der Waals surface area contributed by atoms with E-state index >= 15 is 0 Å². The van der Waals surface area contributed by atoms with Crippen LogP contribution < -0.4 is 5.32 Å². The Balaban J connectivity index is 1.51. The van der Waals surface area contributed by atoms with Crippen molar-refractivity contribution in [2.45, 2.75) is 39.2 Å². The van der Waals surface area contributed by atoms with E-state index in [9.17, 15) is 9.59 Å². The molecule has 0 saturated carbocycles. The minimum Gasteiger partial charge on any atom is -0.454 e. The lowest BCUT2D eigenvalue weighted by atomic mass is 9.95. The number of nitrogens with one attached hydrogen (secondary N) is 1. The standard InChI is InChI=1S/C18H17N3O4S2/c1-10(22)19-17-15(12-4-2-3-5-13(12)27-17)18(23)24-8-14-20-16(25-21-14)11-6-7-26-9-11/h6-7,9H,2-5,8H2,1H3,(H,19,22). The van der Waals surface area contributed by atoms with Gasteiger partial charge in [0.05, 0.1) is 11.1 Å². The van der Waals surface area contributed by atoms with Gasteiger partial charge in [-0.25, -0.2) is 4.79 Å². The first kappa shape index (κ1) is 17.9. The van der Waals surface area contributed by atoms with Crippen molar-refractivity contribution >= 4 is 39.6 Å². The summed E-state index contributed by atoms with van der Waals surface area (Å²) in [6.45, 7) is 1.34. The monoisotopic (exact) mass is 403 g/mol. The minimum atomic E-state index is -0.472. The number of ether oxygens (including phenoxy) is 1. The fourth-order valence-electron chi connectivity index (χ4n) is 3.05. The fraction of sp³-hybridized carbons (Fsp3) is 0.333. The second-order valence-corrected chi connectivity index (χ2v) is 8.09. The fourth-order valence-corrected chi connectivity index (χ4v) is 5.00. The highest BCUT2D eigenvalue weighted by Crippen LogP contribution is 2.38. The van der Waals surface area contributed by atoms with Gasteiger partial charge in [0.2, 0.25) is 11.7 Å². The lowest BCUT2D eigenvalue weighted by molar-refractivity contribution is -0.114. The molecule has 0 atom stereocenters. The number of hydrogen-bond donors (Lipinski definition) is 1. The number of hydrogen-bond acceptors (Lipinski definition) is 8. The van der Waals surface area contributed by atoms with Crippen molar-refractivity contribution in [2.75, 3.05) is 5.32 Å². The number of nitrogens with zero attached hydrogens (tertiary/aromatic N) is 2. The number of thiophene rings is 2. The van der Waals surface area contributed by atoms with E-state index in [4.69, 9.17) is 9.26 Å². The zero-order valence-electron chi connectivity index (χ0n) is 14.6. The summed E-state index contributed by atoms with van der Waals surface area (Å²) in [5.41, 5.74) is 2.29. The topological polar surface area (TPSA) is 94.3 Å². The molecule has 3 aromatic rings. The van der Waals surface area contributed by atoms with Crippen LogP contribution in [0.3, 0.4) is 0 Å². The van der Waals surface area contributed by atoms with Crippen molar-refractivity contribution in [3.63, 3.8) is 0 Å². The average Bonchev–Trinajstić information content (AvgIpc) is 3.37. The van der Waals surface area contributed by atoms with Crippen LogP contribution in [0.2, 0.25) is 0 Å². The molecule has 0 radical (unpaired) electrons. The minimum absolute atomic E-state index is 0.0867. The highest BCUT2D eigenvalue weighted by Gasteiger charge is 2.27. The molecule has 0 spiro atoms. The van der Waals surface area contributed by atoms with Crippen molar-refractivity contribution < 1.29 is 18.8 Å². The molecule has 4 rings (SSSR count). The summed E-state index contributed by atoms with van der Waals surface area (Å²) in [5, 5.41) is 11.0. The Kier molecular flexibility index (Phi) is 5.04. The van der Waals surface area contributed by atoms with E-state index in [2.05, 4.69) is 15.5 Å². The number of carbonyl (C=O) groups is 2. The summed E-state index contributed by atoms with van der Waals surface area (Å²) >= 11 is 2.99. The van der Waals surface area contributed by atoms with Crippen molar-refractivity contribution in [3.8, 4) is 11.5 Å². The molecule has 9 heteroatoms. The Bertz CT molecular complexity index is 975. The molecule has 27 heavy (non-hydrogen) atoms. The van der Waals surface area contributed by atoms with Crippen LogP contribution in [0.5, 0.6) is 0 Å². The van der Waals surface area contributed by atoms with Crippen LogP contribution >= 0.6 is 22.7 Å². The highest BCUT2D eigenvalue weighted by molar-refractivity contribution is 7.17. The molecule has 0 unspecified atom stereocenters. The number of aromatic nitrogens is 2. The molecule has 1 aliphatic carbocycles. The zero-order valence-corrected chi connectivity index (χ0v) is 16.2. The van der Waals surface area contributed by atoms with Crippen LogP contribution in [-0.4, -0.2) is 22.0 Å². The molecule has 0 aromatic carbocycles. The lowest BCUT2D eigenvalue weighted by Crippen LogP contribution is -2.14. The lowest BCUT2D eigenvalue weighted by Gasteiger charge is -2.12. The average molecular weight is 403 g/mol. The van der Waals surface area contributed by atoms with Crippen LogP contribution in [0, 0.1) is 0 Å². The van der Waals surface area contributed by atoms with E-state index < -0.39 is 5.97 Å². The number of fused-ring (bicyclic) bond motifs is 1. The summed E-state index contributed by atoms with van der Waals surface area (Å²) in [6, 6.07) is 1.88. The maximum atomic E-state index is 12.7. The Labute approximate surface area is 163 Å². The first-order valence-electron chi connectivity index (χ1n) is 8.56. The molecule has 0 saturated heterocycles. The largest absolute Gasteiger partial charge is 0.454 e. The van der Waals surface area contributed by atoms with Gasteiger partial charge in [-0.2, -0.15) is 16.3 Å². The maximum Gasteiger partial charge on any atom is 0.341 e. The predicted octanol–water partition coefficient (Wildman–Crippen LogP) is 4.05. The van der Waals surface area contributed by atoms with Crippen LogP contribution in [-0.2, 0) is 29.0 Å². The number of esters is 1. The summed E-state index contributed by atoms with van der Waals surface area (Å²) in [7, 11) is 0. The molecule has 0 fully saturated rings. The first-order chi connectivity index (χ1) is 13.1. The molecule has 1 aliphatic rings. The number of anilines is 1. The zero-order chi connectivity index (χ0) is 18.8. The molecule has 140 valence electrons. The number of aryl methyl sites for hydroxylation is 1. The molecule has 3 heterocycles. The molecule has 3 aromatic heterocycles. The predicted molar refractivity (Wildman–Crippen MR) is 102 cm³/mol. The third-order valence-corrected chi connectivity index (χ3v) is 6.12. The molecular formula is C18H17N3O4S2. The molecule has 0 bridgehead atoms. The number of amides is 1. The van der Waals surface area contributed by atoms with Gasteiger partial charge in [0, 0.05) is 17.2 Å². The summed E-state index contributed by atoms with van der Waals surface area (Å²) in [5.74, 6) is 0.0186. The van der Waals surface area contributed by atoms with Gasteiger partial charge in [0.15, 0.2) is 6.61 Å². The highest BCUT2D eigenvalue weighted by atomic mass is 32.1. The molecule has 0 aliphatic heterocycles. The van der Waals surface area contributed by atoms with Crippen LogP contribution in [0.25, 0.3) is 11.5 Å². The van der Waals surface area contributed by atoms with E-state index in [0.29, 0.717) is 22.3 Å². The van der Waals surface area contributed by atoms with Crippen molar-refractivity contribution in [1.82, 2.24) is 10.1 Å². The van der Waals surface area contributed by atoms with E-state index in [1.54, 1.807) is 0 Å². The van der Waals surface area contributed by atoms with Crippen LogP contribution in [0.15, 0.2) is 21.3 Å². The van der Waals surface area contributed by atoms with Gasteiger partial charge in [-0.1, -0.05) is 5.16 Å². The molecule has 7 nitrogen and oxygen atoms in total. The summed E-state index contributed by atoms with van der Waals surface area (Å²) in [6.07, 6.45) is 3.86. The normalized spacial score (nSPS) is 13.2. The summed E-state index contributed by atoms with van der Waals surface area (Å²) < 4.78 is 10.6. The van der Waals surface area contributed by atoms with E-state index in [-0.39, 0.29) is 12.5 Å². The Morgan fingerprint density at radius 1 is 1.33 bits per heavy atom. The van der Waals surface area contributed by atoms with Gasteiger partial charge in [-0.3, -0.25) is 4.79 Å². The van der Waals surface area contributed by atoms with Gasteiger partial charge >= 0.3 is 5.97 Å². The van der Waals surface area contributed by atoms with Gasteiger partial charge in [0.25, 0.3) is 5.89 Å². The molecular weight excluding hydrogens is 386 g/mol. The van der Waals surface area contributed by atoms with Crippen molar-refractivity contribution in [1.29, 1.82) is 0 Å². The van der Waals surface area contributed by atoms with Crippen LogP contribution in [0.4, 0.5) is 5.00 Å². The van der Waals surface area contributed by atoms with Crippen LogP contribution in [0.1, 0.15) is 46.4 Å². The SMILES string of the molecule is CC(=O)Nc1sc2c(c1C(=O)OCc1noc(-c3ccsc3)n1)CCCC2. The number of carbonyl (C=O) groups excluding carboxylic acids is 2. The second kappa shape index (κ2) is 7.61. The van der Waals surface area contributed by atoms with Crippen molar-refractivity contribution in [3.05, 3.63) is 38.7 Å². The second-order valence-electron chi connectivity index (χ2n) is 6.20. The first-order valence-corrected chi connectivity index (χ1v) is 10.3. The number of rotatable bonds is 5. The van der Waals surface area contributed by atoms with Gasteiger partial charge in [0.1, 0.15) is 5.00 Å². The van der Waals surface area contributed by atoms with Crippen molar-refractivity contribution in [2.24, 2.45) is 0 Å². The quantitative estimate of drug-likeness (QED) is 0.646. The Hall–Kier alpha value is -2.52. The van der Waals surface area contributed by atoms with Gasteiger partial charge in [-0.15, -0.1) is 11.3 Å². The van der Waals surface area contributed by atoms with E-state index in [1.165, 1.54) is 29.6 Å².